The molecule has 0 aliphatic rings. The van der Waals surface area contributed by atoms with Crippen molar-refractivity contribution >= 4 is 46.4 Å². The van der Waals surface area contributed by atoms with Gasteiger partial charge in [0.1, 0.15) is 17.7 Å². The van der Waals surface area contributed by atoms with Gasteiger partial charge in [-0.25, -0.2) is 9.98 Å². The van der Waals surface area contributed by atoms with Crippen molar-refractivity contribution in [1.29, 1.82) is 0 Å². The highest BCUT2D eigenvalue weighted by Gasteiger charge is 2.22. The molecule has 10 heteroatoms. The number of hydrogen-bond donors (Lipinski definition) is 1. The number of nitro benzene ring substituents is 1. The summed E-state index contributed by atoms with van der Waals surface area (Å²) in [6, 6.07) is 19.8. The molecule has 1 heterocycles. The third kappa shape index (κ3) is 5.08. The minimum absolute atomic E-state index is 0.0677. The Bertz CT molecular complexity index is 1370. The predicted octanol–water partition coefficient (Wildman–Crippen LogP) is 5.60. The highest BCUT2D eigenvalue weighted by Crippen LogP contribution is 2.24. The zero-order chi connectivity index (χ0) is 23.4. The van der Waals surface area contributed by atoms with Crippen molar-refractivity contribution in [3.05, 3.63) is 117 Å². The van der Waals surface area contributed by atoms with Gasteiger partial charge in [-0.3, -0.25) is 14.9 Å². The van der Waals surface area contributed by atoms with Crippen molar-refractivity contribution in [1.82, 2.24) is 14.9 Å². The molecule has 0 saturated heterocycles. The summed E-state index contributed by atoms with van der Waals surface area (Å²) < 4.78 is 1.77. The minimum Gasteiger partial charge on any atom is -0.306 e. The number of nitrogens with one attached hydrogen (secondary N) is 1. The van der Waals surface area contributed by atoms with Gasteiger partial charge in [0.25, 0.3) is 11.6 Å². The number of halogens is 2. The molecule has 33 heavy (non-hydrogen) atoms. The van der Waals surface area contributed by atoms with E-state index in [2.05, 4.69) is 15.3 Å². The summed E-state index contributed by atoms with van der Waals surface area (Å²) in [6.45, 7) is 0. The number of aliphatic imine (C=N–C) groups is 1. The van der Waals surface area contributed by atoms with E-state index in [0.29, 0.717) is 16.4 Å². The van der Waals surface area contributed by atoms with Gasteiger partial charge in [0.15, 0.2) is 5.82 Å². The average molecular weight is 480 g/mol. The fourth-order valence-electron chi connectivity index (χ4n) is 3.06. The van der Waals surface area contributed by atoms with Gasteiger partial charge in [-0.15, -0.1) is 0 Å². The number of nitrogens with zero attached hydrogens (tertiary/aromatic N) is 4. The molecule has 0 atom stereocenters. The maximum atomic E-state index is 13.0. The molecule has 1 N–H and O–H groups in total. The lowest BCUT2D eigenvalue weighted by Gasteiger charge is -2.11. The molecule has 0 spiro atoms. The molecule has 0 unspecified atom stereocenters. The van der Waals surface area contributed by atoms with Gasteiger partial charge >= 0.3 is 0 Å². The first-order chi connectivity index (χ1) is 15.9. The van der Waals surface area contributed by atoms with Crippen LogP contribution in [0.1, 0.15) is 15.9 Å². The normalized spacial score (nSPS) is 11.3. The molecule has 164 valence electrons. The van der Waals surface area contributed by atoms with E-state index in [-0.39, 0.29) is 22.1 Å². The van der Waals surface area contributed by atoms with Gasteiger partial charge in [0, 0.05) is 22.3 Å². The summed E-state index contributed by atoms with van der Waals surface area (Å²) in [5.74, 6) is -0.351. The molecular formula is C23H15Cl2N5O3. The van der Waals surface area contributed by atoms with Crippen molar-refractivity contribution in [3.8, 4) is 5.69 Å². The first-order valence-electron chi connectivity index (χ1n) is 9.60. The largest absolute Gasteiger partial charge is 0.306 e. The lowest BCUT2D eigenvalue weighted by molar-refractivity contribution is -0.385. The Hall–Kier alpha value is -4.01. The number of carbonyl (C=O) groups excluding carboxylic acids is 1. The Morgan fingerprint density at radius 1 is 1.00 bits per heavy atom. The second-order valence-corrected chi connectivity index (χ2v) is 7.63. The van der Waals surface area contributed by atoms with E-state index < -0.39 is 10.8 Å². The summed E-state index contributed by atoms with van der Waals surface area (Å²) in [4.78, 5) is 32.4. The maximum absolute atomic E-state index is 13.0. The van der Waals surface area contributed by atoms with Gasteiger partial charge in [0.05, 0.1) is 16.1 Å². The number of rotatable bonds is 5. The molecule has 3 aromatic carbocycles. The SMILES string of the molecule is O=C(NC(=Nc1cn(-c2ccccc2)cn1)c1ccc(Cl)cc1Cl)c1ccccc1[N+](=O)[O-]. The molecule has 0 fully saturated rings. The number of carbonyl (C=O) groups is 1. The number of para-hydroxylation sites is 2. The van der Waals surface area contributed by atoms with Gasteiger partial charge in [-0.05, 0) is 36.4 Å². The second-order valence-electron chi connectivity index (χ2n) is 6.79. The smallest absolute Gasteiger partial charge is 0.282 e. The van der Waals surface area contributed by atoms with E-state index >= 15 is 0 Å². The zero-order valence-corrected chi connectivity index (χ0v) is 18.4. The van der Waals surface area contributed by atoms with Gasteiger partial charge in [-0.1, -0.05) is 53.5 Å². The van der Waals surface area contributed by atoms with Crippen molar-refractivity contribution in [2.24, 2.45) is 4.99 Å². The molecule has 1 amide bonds. The number of aromatic nitrogens is 2. The van der Waals surface area contributed by atoms with Crippen LogP contribution in [0.2, 0.25) is 10.0 Å². The number of amidine groups is 1. The number of nitro groups is 1. The average Bonchev–Trinajstić information content (AvgIpc) is 3.28. The van der Waals surface area contributed by atoms with Crippen LogP contribution in [0, 0.1) is 10.1 Å². The van der Waals surface area contributed by atoms with Gasteiger partial charge in [-0.2, -0.15) is 0 Å². The van der Waals surface area contributed by atoms with Gasteiger partial charge < -0.3 is 9.88 Å². The highest BCUT2D eigenvalue weighted by molar-refractivity contribution is 6.37. The first kappa shape index (κ1) is 22.2. The van der Waals surface area contributed by atoms with Crippen LogP contribution in [-0.4, -0.2) is 26.2 Å². The van der Waals surface area contributed by atoms with Crippen LogP contribution in [0.3, 0.4) is 0 Å². The van der Waals surface area contributed by atoms with Crippen LogP contribution in [0.5, 0.6) is 0 Å². The van der Waals surface area contributed by atoms with Crippen LogP contribution < -0.4 is 5.32 Å². The Morgan fingerprint density at radius 2 is 1.73 bits per heavy atom. The summed E-state index contributed by atoms with van der Waals surface area (Å²) >= 11 is 12.4. The second kappa shape index (κ2) is 9.64. The van der Waals surface area contributed by atoms with Crippen molar-refractivity contribution < 1.29 is 9.72 Å². The number of amides is 1. The number of imidazole rings is 1. The summed E-state index contributed by atoms with van der Waals surface area (Å²) in [5.41, 5.74) is 0.809. The number of hydrogen-bond acceptors (Lipinski definition) is 5. The van der Waals surface area contributed by atoms with Gasteiger partial charge in [0.2, 0.25) is 0 Å². The monoisotopic (exact) mass is 479 g/mol. The Balaban J connectivity index is 1.74. The molecule has 0 saturated carbocycles. The van der Waals surface area contributed by atoms with Crippen molar-refractivity contribution in [2.75, 3.05) is 0 Å². The van der Waals surface area contributed by atoms with Crippen LogP contribution in [-0.2, 0) is 0 Å². The third-order valence-corrected chi connectivity index (χ3v) is 5.16. The van der Waals surface area contributed by atoms with Crippen LogP contribution in [0.15, 0.2) is 90.3 Å². The van der Waals surface area contributed by atoms with Crippen molar-refractivity contribution in [3.63, 3.8) is 0 Å². The van der Waals surface area contributed by atoms with E-state index in [1.165, 1.54) is 30.3 Å². The Morgan fingerprint density at radius 3 is 2.45 bits per heavy atom. The molecule has 0 aliphatic carbocycles. The fourth-order valence-corrected chi connectivity index (χ4v) is 3.56. The topological polar surface area (TPSA) is 102 Å². The Labute approximate surface area is 198 Å². The molecule has 0 aliphatic heterocycles. The lowest BCUT2D eigenvalue weighted by Crippen LogP contribution is -2.32. The zero-order valence-electron chi connectivity index (χ0n) is 16.9. The highest BCUT2D eigenvalue weighted by atomic mass is 35.5. The van der Waals surface area contributed by atoms with E-state index in [0.717, 1.165) is 5.69 Å². The van der Waals surface area contributed by atoms with E-state index in [1.807, 2.05) is 30.3 Å². The van der Waals surface area contributed by atoms with E-state index in [1.54, 1.807) is 29.2 Å². The van der Waals surface area contributed by atoms with E-state index in [4.69, 9.17) is 23.2 Å². The molecule has 0 radical (unpaired) electrons. The third-order valence-electron chi connectivity index (χ3n) is 4.61. The fraction of sp³-hybridized carbons (Fsp3) is 0. The molecular weight excluding hydrogens is 465 g/mol. The van der Waals surface area contributed by atoms with E-state index in [9.17, 15) is 14.9 Å². The van der Waals surface area contributed by atoms with Crippen LogP contribution >= 0.6 is 23.2 Å². The van der Waals surface area contributed by atoms with Crippen LogP contribution in [0.4, 0.5) is 11.5 Å². The standard InChI is InChI=1S/C23H15Cl2N5O3/c24-15-10-11-17(19(25)12-15)22(28-23(31)18-8-4-5-9-20(18)30(32)33)27-21-13-29(14-26-21)16-6-2-1-3-7-16/h1-14H,(H,27,28,31). The minimum atomic E-state index is -0.713. The Kier molecular flexibility index (Phi) is 6.48. The molecule has 0 bridgehead atoms. The molecule has 4 aromatic rings. The quantitative estimate of drug-likeness (QED) is 0.174. The molecule has 8 nitrogen and oxygen atoms in total. The molecule has 4 rings (SSSR count). The summed E-state index contributed by atoms with van der Waals surface area (Å²) in [6.07, 6.45) is 3.26. The molecule has 1 aromatic heterocycles. The van der Waals surface area contributed by atoms with Crippen LogP contribution in [0.25, 0.3) is 5.69 Å². The first-order valence-corrected chi connectivity index (χ1v) is 10.4. The summed E-state index contributed by atoms with van der Waals surface area (Å²) in [5, 5.41) is 14.6. The maximum Gasteiger partial charge on any atom is 0.282 e. The number of benzene rings is 3. The predicted molar refractivity (Wildman–Crippen MR) is 127 cm³/mol. The van der Waals surface area contributed by atoms with Crippen molar-refractivity contribution in [2.45, 2.75) is 0 Å². The lowest BCUT2D eigenvalue weighted by atomic mass is 10.1. The summed E-state index contributed by atoms with van der Waals surface area (Å²) in [7, 11) is 0.